The van der Waals surface area contributed by atoms with E-state index in [0.29, 0.717) is 18.8 Å². The zero-order chi connectivity index (χ0) is 30.7. The van der Waals surface area contributed by atoms with Crippen molar-refractivity contribution < 1.29 is 33.7 Å². The van der Waals surface area contributed by atoms with Crippen molar-refractivity contribution in [3.8, 4) is 0 Å². The van der Waals surface area contributed by atoms with Gasteiger partial charge in [0.05, 0.1) is 32.0 Å². The number of aliphatic hydroxyl groups is 1. The summed E-state index contributed by atoms with van der Waals surface area (Å²) >= 11 is 0. The first kappa shape index (κ1) is 35.8. The van der Waals surface area contributed by atoms with Crippen molar-refractivity contribution in [1.29, 1.82) is 0 Å². The Kier molecular flexibility index (Phi) is 17.5. The number of rotatable bonds is 20. The predicted octanol–water partition coefficient (Wildman–Crippen LogP) is 7.13. The lowest BCUT2D eigenvalue weighted by molar-refractivity contribution is -0.143. The third-order valence-electron chi connectivity index (χ3n) is 9.49. The van der Waals surface area contributed by atoms with Gasteiger partial charge in [0.2, 0.25) is 0 Å². The van der Waals surface area contributed by atoms with E-state index in [-0.39, 0.29) is 37.2 Å². The average Bonchev–Trinajstić information content (AvgIpc) is 3.02. The van der Waals surface area contributed by atoms with Gasteiger partial charge in [0.1, 0.15) is 0 Å². The first-order chi connectivity index (χ1) is 20.3. The third-order valence-corrected chi connectivity index (χ3v) is 9.49. The lowest BCUT2D eigenvalue weighted by Gasteiger charge is -2.38. The van der Waals surface area contributed by atoms with Crippen molar-refractivity contribution in [2.75, 3.05) is 26.4 Å². The fraction of sp³-hybridized carbons (Fsp3) is 0.743. The molecule has 2 aliphatic carbocycles. The molecule has 2 fully saturated rings. The van der Waals surface area contributed by atoms with Crippen molar-refractivity contribution in [2.45, 2.75) is 103 Å². The van der Waals surface area contributed by atoms with Crippen LogP contribution < -0.4 is 0 Å². The lowest BCUT2D eigenvalue weighted by atomic mass is 9.67. The summed E-state index contributed by atoms with van der Waals surface area (Å²) in [6.07, 6.45) is 20.4. The number of hydrogen-bond acceptors (Lipinski definition) is 7. The van der Waals surface area contributed by atoms with Gasteiger partial charge in [-0.1, -0.05) is 78.0 Å². The maximum atomic E-state index is 11.9. The van der Waals surface area contributed by atoms with Gasteiger partial charge in [0, 0.05) is 12.2 Å². The average molecular weight is 589 g/mol. The maximum absolute atomic E-state index is 11.9. The van der Waals surface area contributed by atoms with Crippen LogP contribution in [0.1, 0.15) is 103 Å². The van der Waals surface area contributed by atoms with Crippen LogP contribution in [0.15, 0.2) is 37.5 Å². The van der Waals surface area contributed by atoms with Crippen LogP contribution in [0.3, 0.4) is 0 Å². The third kappa shape index (κ3) is 13.7. The standard InChI is InChI=1S/C35H56O7/c1-5-8-9-10-27-11-15-31(16-12-27)32-17-13-28(14-18-32)21-30(25-42-34(38)7-3)22-29(24-41-33(37)6-2)19-20-40-35(39)26(4)23-36/h6-7,27-32,36H,2-5,8-25H2,1H3. The number of hydrogen-bond donors (Lipinski definition) is 1. The Balaban J connectivity index is 1.91. The molecule has 238 valence electrons. The Morgan fingerprint density at radius 1 is 0.810 bits per heavy atom. The molecule has 2 atom stereocenters. The summed E-state index contributed by atoms with van der Waals surface area (Å²) in [6.45, 7) is 12.8. The van der Waals surface area contributed by atoms with E-state index >= 15 is 0 Å². The number of esters is 3. The van der Waals surface area contributed by atoms with E-state index in [9.17, 15) is 14.4 Å². The van der Waals surface area contributed by atoms with Crippen LogP contribution in [0, 0.1) is 35.5 Å². The summed E-state index contributed by atoms with van der Waals surface area (Å²) in [5, 5.41) is 9.11. The fourth-order valence-corrected chi connectivity index (χ4v) is 6.97. The number of aliphatic hydroxyl groups excluding tert-OH is 1. The smallest absolute Gasteiger partial charge is 0.335 e. The molecule has 2 saturated carbocycles. The largest absolute Gasteiger partial charge is 0.462 e. The van der Waals surface area contributed by atoms with Gasteiger partial charge < -0.3 is 19.3 Å². The van der Waals surface area contributed by atoms with Crippen molar-refractivity contribution in [3.63, 3.8) is 0 Å². The van der Waals surface area contributed by atoms with E-state index in [2.05, 4.69) is 26.7 Å². The molecule has 0 aromatic rings. The Morgan fingerprint density at radius 2 is 1.36 bits per heavy atom. The summed E-state index contributed by atoms with van der Waals surface area (Å²) < 4.78 is 16.1. The van der Waals surface area contributed by atoms with Crippen LogP contribution in [0.2, 0.25) is 0 Å². The predicted molar refractivity (Wildman–Crippen MR) is 165 cm³/mol. The fourth-order valence-electron chi connectivity index (χ4n) is 6.97. The summed E-state index contributed by atoms with van der Waals surface area (Å²) in [4.78, 5) is 35.6. The Labute approximate surface area is 254 Å². The van der Waals surface area contributed by atoms with Gasteiger partial charge >= 0.3 is 17.9 Å². The Morgan fingerprint density at radius 3 is 1.88 bits per heavy atom. The Bertz CT molecular complexity index is 849. The van der Waals surface area contributed by atoms with E-state index in [4.69, 9.17) is 19.3 Å². The lowest BCUT2D eigenvalue weighted by Crippen LogP contribution is -2.28. The minimum absolute atomic E-state index is 0.00512. The van der Waals surface area contributed by atoms with Gasteiger partial charge in [-0.15, -0.1) is 0 Å². The highest BCUT2D eigenvalue weighted by Gasteiger charge is 2.32. The van der Waals surface area contributed by atoms with Gasteiger partial charge in [-0.05, 0) is 80.5 Å². The number of ether oxygens (including phenoxy) is 3. The van der Waals surface area contributed by atoms with Gasteiger partial charge in [0.25, 0.3) is 0 Å². The minimum Gasteiger partial charge on any atom is -0.462 e. The van der Waals surface area contributed by atoms with Crippen LogP contribution in [0.4, 0.5) is 0 Å². The SMILES string of the molecule is C=CC(=O)OCC(CCOC(=O)C(=C)CO)CC(COC(=O)C=C)CC1CCC(C2CCC(CCCCC)CC2)CC1. The highest BCUT2D eigenvalue weighted by atomic mass is 16.5. The first-order valence-corrected chi connectivity index (χ1v) is 16.3. The molecule has 0 aliphatic heterocycles. The zero-order valence-electron chi connectivity index (χ0n) is 26.1. The topological polar surface area (TPSA) is 99.1 Å². The molecule has 7 nitrogen and oxygen atoms in total. The van der Waals surface area contributed by atoms with Crippen LogP contribution in [-0.2, 0) is 28.6 Å². The van der Waals surface area contributed by atoms with E-state index < -0.39 is 24.5 Å². The van der Waals surface area contributed by atoms with Gasteiger partial charge in [-0.3, -0.25) is 0 Å². The highest BCUT2D eigenvalue weighted by molar-refractivity contribution is 5.87. The molecule has 2 aliphatic rings. The molecule has 0 aromatic carbocycles. The molecule has 0 amide bonds. The molecule has 1 N–H and O–H groups in total. The summed E-state index contributed by atoms with van der Waals surface area (Å²) in [6, 6.07) is 0. The second-order valence-electron chi connectivity index (χ2n) is 12.6. The van der Waals surface area contributed by atoms with Crippen LogP contribution in [-0.4, -0.2) is 49.4 Å². The molecule has 42 heavy (non-hydrogen) atoms. The highest BCUT2D eigenvalue weighted by Crippen LogP contribution is 2.43. The molecular weight excluding hydrogens is 532 g/mol. The summed E-state index contributed by atoms with van der Waals surface area (Å²) in [5.41, 5.74) is -0.00512. The van der Waals surface area contributed by atoms with E-state index in [1.54, 1.807) is 0 Å². The number of carbonyl (C=O) groups is 3. The van der Waals surface area contributed by atoms with E-state index in [0.717, 1.165) is 30.3 Å². The molecule has 2 unspecified atom stereocenters. The summed E-state index contributed by atoms with van der Waals surface area (Å²) in [5.74, 6) is 1.63. The zero-order valence-corrected chi connectivity index (χ0v) is 26.1. The van der Waals surface area contributed by atoms with Crippen molar-refractivity contribution in [2.24, 2.45) is 35.5 Å². The van der Waals surface area contributed by atoms with Crippen LogP contribution in [0.5, 0.6) is 0 Å². The number of unbranched alkanes of at least 4 members (excludes halogenated alkanes) is 2. The molecule has 0 saturated heterocycles. The van der Waals surface area contributed by atoms with Crippen LogP contribution in [0.25, 0.3) is 0 Å². The second-order valence-corrected chi connectivity index (χ2v) is 12.6. The molecule has 0 radical (unpaired) electrons. The monoisotopic (exact) mass is 588 g/mol. The molecule has 0 spiro atoms. The minimum atomic E-state index is -0.641. The molecule has 0 aromatic heterocycles. The van der Waals surface area contributed by atoms with Gasteiger partial charge in [0.15, 0.2) is 0 Å². The van der Waals surface area contributed by atoms with Crippen molar-refractivity contribution >= 4 is 17.9 Å². The molecule has 0 heterocycles. The number of carbonyl (C=O) groups excluding carboxylic acids is 3. The Hall–Kier alpha value is -2.41. The van der Waals surface area contributed by atoms with E-state index in [1.165, 1.54) is 83.1 Å². The molecular formula is C35H56O7. The maximum Gasteiger partial charge on any atom is 0.335 e. The molecule has 7 heteroatoms. The first-order valence-electron chi connectivity index (χ1n) is 16.3. The quantitative estimate of drug-likeness (QED) is 0.0699. The molecule has 2 rings (SSSR count). The van der Waals surface area contributed by atoms with Crippen molar-refractivity contribution in [1.82, 2.24) is 0 Å². The van der Waals surface area contributed by atoms with Gasteiger partial charge in [-0.2, -0.15) is 0 Å². The van der Waals surface area contributed by atoms with E-state index in [1.807, 2.05) is 0 Å². The normalized spacial score (nSPS) is 23.7. The second kappa shape index (κ2) is 20.5. The van der Waals surface area contributed by atoms with Crippen molar-refractivity contribution in [3.05, 3.63) is 37.5 Å². The molecule has 0 bridgehead atoms. The van der Waals surface area contributed by atoms with Gasteiger partial charge in [-0.25, -0.2) is 14.4 Å². The van der Waals surface area contributed by atoms with Crippen LogP contribution >= 0.6 is 0 Å². The summed E-state index contributed by atoms with van der Waals surface area (Å²) in [7, 11) is 0.